The molecule has 6 nitrogen and oxygen atoms in total. The molecule has 1 aromatic carbocycles. The summed E-state index contributed by atoms with van der Waals surface area (Å²) in [7, 11) is 2.01. The van der Waals surface area contributed by atoms with E-state index in [1.807, 2.05) is 31.4 Å². The fourth-order valence-corrected chi connectivity index (χ4v) is 3.80. The summed E-state index contributed by atoms with van der Waals surface area (Å²) >= 11 is 0. The van der Waals surface area contributed by atoms with E-state index in [1.54, 1.807) is 18.2 Å². The minimum Gasteiger partial charge on any atom is -0.422 e. The van der Waals surface area contributed by atoms with Crippen LogP contribution >= 0.6 is 0 Å². The van der Waals surface area contributed by atoms with Crippen LogP contribution in [0.4, 0.5) is 0 Å². The van der Waals surface area contributed by atoms with Crippen molar-refractivity contribution in [3.05, 3.63) is 70.3 Å². The number of aryl methyl sites for hydroxylation is 1. The van der Waals surface area contributed by atoms with Gasteiger partial charge in [-0.15, -0.1) is 0 Å². The van der Waals surface area contributed by atoms with E-state index in [-0.39, 0.29) is 11.6 Å². The molecule has 3 aromatic rings. The van der Waals surface area contributed by atoms with Gasteiger partial charge in [-0.1, -0.05) is 18.2 Å². The molecule has 1 saturated heterocycles. The van der Waals surface area contributed by atoms with Crippen LogP contribution in [0, 0.1) is 0 Å². The third kappa shape index (κ3) is 3.53. The van der Waals surface area contributed by atoms with Crippen molar-refractivity contribution >= 4 is 16.9 Å². The van der Waals surface area contributed by atoms with E-state index < -0.39 is 11.5 Å². The number of hydrogen-bond acceptors (Lipinski definition) is 4. The highest BCUT2D eigenvalue weighted by Gasteiger charge is 2.26. The number of carbonyl (C=O) groups is 1. The molecule has 0 saturated carbocycles. The first-order valence-corrected chi connectivity index (χ1v) is 9.30. The maximum absolute atomic E-state index is 12.7. The van der Waals surface area contributed by atoms with Crippen LogP contribution < -0.4 is 10.9 Å². The Labute approximate surface area is 157 Å². The second-order valence-electron chi connectivity index (χ2n) is 7.00. The predicted molar refractivity (Wildman–Crippen MR) is 104 cm³/mol. The van der Waals surface area contributed by atoms with E-state index >= 15 is 0 Å². The first kappa shape index (κ1) is 17.5. The van der Waals surface area contributed by atoms with Crippen LogP contribution in [-0.4, -0.2) is 35.0 Å². The van der Waals surface area contributed by atoms with E-state index in [4.69, 9.17) is 4.42 Å². The lowest BCUT2D eigenvalue weighted by molar-refractivity contribution is 0.0933. The highest BCUT2D eigenvalue weighted by atomic mass is 16.4. The van der Waals surface area contributed by atoms with Crippen molar-refractivity contribution < 1.29 is 9.21 Å². The van der Waals surface area contributed by atoms with E-state index in [9.17, 15) is 9.59 Å². The molecule has 140 valence electrons. The average molecular weight is 365 g/mol. The number of hydrogen-bond donors (Lipinski definition) is 1. The molecule has 1 aliphatic heterocycles. The standard InChI is InChI=1S/C21H23N3O3/c1-23-10-6-8-17(23)18(24-11-4-5-12-24)14-22-20(25)16-13-15-7-2-3-9-19(15)27-21(16)26/h2-3,6-10,13,18H,4-5,11-12,14H2,1H3,(H,22,25). The number of benzene rings is 1. The number of fused-ring (bicyclic) bond motifs is 1. The van der Waals surface area contributed by atoms with Gasteiger partial charge in [0, 0.05) is 30.9 Å². The summed E-state index contributed by atoms with van der Waals surface area (Å²) < 4.78 is 7.36. The molecule has 0 spiro atoms. The van der Waals surface area contributed by atoms with Crippen LogP contribution in [0.25, 0.3) is 11.0 Å². The summed E-state index contributed by atoms with van der Waals surface area (Å²) in [6, 6.07) is 13.0. The number of carbonyl (C=O) groups excluding carboxylic acids is 1. The monoisotopic (exact) mass is 365 g/mol. The number of nitrogens with zero attached hydrogens (tertiary/aromatic N) is 2. The second-order valence-corrected chi connectivity index (χ2v) is 7.00. The maximum Gasteiger partial charge on any atom is 0.349 e. The fourth-order valence-electron chi connectivity index (χ4n) is 3.80. The number of para-hydroxylation sites is 1. The van der Waals surface area contributed by atoms with Crippen molar-refractivity contribution in [2.24, 2.45) is 7.05 Å². The third-order valence-electron chi connectivity index (χ3n) is 5.25. The zero-order chi connectivity index (χ0) is 18.8. The van der Waals surface area contributed by atoms with Crippen LogP contribution in [0.3, 0.4) is 0 Å². The molecular formula is C21H23N3O3. The molecule has 0 bridgehead atoms. The molecule has 0 aliphatic carbocycles. The number of likely N-dealkylation sites (tertiary alicyclic amines) is 1. The Balaban J connectivity index is 1.55. The van der Waals surface area contributed by atoms with E-state index in [0.717, 1.165) is 24.2 Å². The molecule has 6 heteroatoms. The van der Waals surface area contributed by atoms with Gasteiger partial charge >= 0.3 is 5.63 Å². The van der Waals surface area contributed by atoms with Gasteiger partial charge in [0.25, 0.3) is 5.91 Å². The lowest BCUT2D eigenvalue weighted by atomic mass is 10.1. The highest BCUT2D eigenvalue weighted by Crippen LogP contribution is 2.24. The predicted octanol–water partition coefficient (Wildman–Crippen LogP) is 2.70. The SMILES string of the molecule is Cn1cccc1C(CNC(=O)c1cc2ccccc2oc1=O)N1CCCC1. The van der Waals surface area contributed by atoms with Gasteiger partial charge in [-0.3, -0.25) is 9.69 Å². The van der Waals surface area contributed by atoms with Gasteiger partial charge in [0.2, 0.25) is 0 Å². The van der Waals surface area contributed by atoms with Crippen LogP contribution in [0.15, 0.2) is 57.9 Å². The summed E-state index contributed by atoms with van der Waals surface area (Å²) in [5.41, 5.74) is 1.07. The number of rotatable bonds is 5. The summed E-state index contributed by atoms with van der Waals surface area (Å²) in [6.07, 6.45) is 4.35. The molecule has 2 aromatic heterocycles. The lowest BCUT2D eigenvalue weighted by Gasteiger charge is -2.28. The second kappa shape index (κ2) is 7.40. The van der Waals surface area contributed by atoms with Crippen molar-refractivity contribution in [3.8, 4) is 0 Å². The molecule has 1 atom stereocenters. The van der Waals surface area contributed by atoms with Gasteiger partial charge in [-0.2, -0.15) is 0 Å². The van der Waals surface area contributed by atoms with E-state index in [2.05, 4.69) is 20.9 Å². The Hall–Kier alpha value is -2.86. The zero-order valence-electron chi connectivity index (χ0n) is 15.4. The first-order chi connectivity index (χ1) is 13.1. The first-order valence-electron chi connectivity index (χ1n) is 9.30. The normalized spacial score (nSPS) is 15.9. The summed E-state index contributed by atoms with van der Waals surface area (Å²) in [5, 5.41) is 3.68. The zero-order valence-corrected chi connectivity index (χ0v) is 15.4. The molecule has 4 rings (SSSR count). The molecule has 1 N–H and O–H groups in total. The van der Waals surface area contributed by atoms with Crippen molar-refractivity contribution in [1.29, 1.82) is 0 Å². The fraction of sp³-hybridized carbons (Fsp3) is 0.333. The van der Waals surface area contributed by atoms with Crippen LogP contribution in [0.1, 0.15) is 34.9 Å². The van der Waals surface area contributed by atoms with E-state index in [1.165, 1.54) is 12.8 Å². The number of amides is 1. The summed E-state index contributed by atoms with van der Waals surface area (Å²) in [4.78, 5) is 27.3. The molecule has 1 unspecified atom stereocenters. The molecule has 1 fully saturated rings. The minimum absolute atomic E-state index is 0.0424. The summed E-state index contributed by atoms with van der Waals surface area (Å²) in [6.45, 7) is 2.48. The Morgan fingerprint density at radius 2 is 1.96 bits per heavy atom. The lowest BCUT2D eigenvalue weighted by Crippen LogP contribution is -2.38. The van der Waals surface area contributed by atoms with Gasteiger partial charge in [0.15, 0.2) is 0 Å². The van der Waals surface area contributed by atoms with E-state index in [0.29, 0.717) is 12.1 Å². The molecule has 3 heterocycles. The molecular weight excluding hydrogens is 342 g/mol. The largest absolute Gasteiger partial charge is 0.422 e. The van der Waals surface area contributed by atoms with Gasteiger partial charge in [0.05, 0.1) is 6.04 Å². The van der Waals surface area contributed by atoms with Crippen molar-refractivity contribution in [2.75, 3.05) is 19.6 Å². The van der Waals surface area contributed by atoms with Gasteiger partial charge in [-0.05, 0) is 50.2 Å². The Bertz CT molecular complexity index is 1010. The quantitative estimate of drug-likeness (QED) is 0.706. The smallest absolute Gasteiger partial charge is 0.349 e. The van der Waals surface area contributed by atoms with Gasteiger partial charge in [-0.25, -0.2) is 4.79 Å². The number of aromatic nitrogens is 1. The Morgan fingerprint density at radius 3 is 2.70 bits per heavy atom. The molecule has 1 aliphatic rings. The van der Waals surface area contributed by atoms with Crippen LogP contribution in [0.2, 0.25) is 0 Å². The van der Waals surface area contributed by atoms with Crippen molar-refractivity contribution in [1.82, 2.24) is 14.8 Å². The van der Waals surface area contributed by atoms with Gasteiger partial charge in [0.1, 0.15) is 11.1 Å². The number of nitrogens with one attached hydrogen (secondary N) is 1. The Morgan fingerprint density at radius 1 is 1.19 bits per heavy atom. The van der Waals surface area contributed by atoms with Crippen LogP contribution in [-0.2, 0) is 7.05 Å². The molecule has 1 amide bonds. The minimum atomic E-state index is -0.609. The Kier molecular flexibility index (Phi) is 4.81. The third-order valence-corrected chi connectivity index (χ3v) is 5.25. The van der Waals surface area contributed by atoms with Crippen molar-refractivity contribution in [3.63, 3.8) is 0 Å². The van der Waals surface area contributed by atoms with Crippen molar-refractivity contribution in [2.45, 2.75) is 18.9 Å². The van der Waals surface area contributed by atoms with Gasteiger partial charge < -0.3 is 14.3 Å². The highest BCUT2D eigenvalue weighted by molar-refractivity contribution is 5.96. The summed E-state index contributed by atoms with van der Waals surface area (Å²) in [5.74, 6) is -0.395. The molecule has 0 radical (unpaired) electrons. The average Bonchev–Trinajstić information content (AvgIpc) is 3.34. The molecule has 27 heavy (non-hydrogen) atoms. The maximum atomic E-state index is 12.7. The van der Waals surface area contributed by atoms with Crippen LogP contribution in [0.5, 0.6) is 0 Å². The topological polar surface area (TPSA) is 67.5 Å².